The van der Waals surface area contributed by atoms with Gasteiger partial charge < -0.3 is 10.5 Å². The molecule has 0 aliphatic carbocycles. The lowest BCUT2D eigenvalue weighted by molar-refractivity contribution is -0.139. The molecule has 0 spiro atoms. The summed E-state index contributed by atoms with van der Waals surface area (Å²) in [6.07, 6.45) is -4.44. The fourth-order valence-electron chi connectivity index (χ4n) is 1.81. The zero-order chi connectivity index (χ0) is 14.8. The van der Waals surface area contributed by atoms with Gasteiger partial charge in [0.25, 0.3) is 0 Å². The molecule has 0 aliphatic rings. The van der Waals surface area contributed by atoms with E-state index in [-0.39, 0.29) is 12.4 Å². The van der Waals surface area contributed by atoms with Gasteiger partial charge in [-0.05, 0) is 25.1 Å². The maximum atomic E-state index is 12.9. The second-order valence-electron chi connectivity index (χ2n) is 4.48. The van der Waals surface area contributed by atoms with Crippen molar-refractivity contribution in [2.45, 2.75) is 19.7 Å². The van der Waals surface area contributed by atoms with Crippen LogP contribution in [0.2, 0.25) is 0 Å². The van der Waals surface area contributed by atoms with Crippen molar-refractivity contribution in [2.24, 2.45) is 0 Å². The molecule has 0 saturated carbocycles. The van der Waals surface area contributed by atoms with Gasteiger partial charge in [-0.2, -0.15) is 13.2 Å². The molecule has 0 radical (unpaired) electrons. The first-order valence-corrected chi connectivity index (χ1v) is 6.02. The van der Waals surface area contributed by atoms with Crippen molar-refractivity contribution in [3.8, 4) is 5.75 Å². The highest BCUT2D eigenvalue weighted by Crippen LogP contribution is 2.37. The van der Waals surface area contributed by atoms with Gasteiger partial charge in [-0.15, -0.1) is 0 Å². The third-order valence-corrected chi connectivity index (χ3v) is 2.88. The third kappa shape index (κ3) is 3.23. The minimum Gasteiger partial charge on any atom is -0.488 e. The number of aryl methyl sites for hydroxylation is 1. The largest absolute Gasteiger partial charge is 0.488 e. The molecule has 0 aromatic heterocycles. The molecule has 0 aliphatic heterocycles. The summed E-state index contributed by atoms with van der Waals surface area (Å²) in [4.78, 5) is 0. The summed E-state index contributed by atoms with van der Waals surface area (Å²) in [5, 5.41) is 0. The molecule has 2 rings (SSSR count). The Kier molecular flexibility index (Phi) is 3.88. The summed E-state index contributed by atoms with van der Waals surface area (Å²) in [6, 6.07) is 10.9. The number of para-hydroxylation sites is 1. The summed E-state index contributed by atoms with van der Waals surface area (Å²) in [7, 11) is 0. The quantitative estimate of drug-likeness (QED) is 0.857. The Bertz CT molecular complexity index is 608. The van der Waals surface area contributed by atoms with E-state index in [1.165, 1.54) is 6.07 Å². The van der Waals surface area contributed by atoms with Gasteiger partial charge in [0.15, 0.2) is 0 Å². The monoisotopic (exact) mass is 281 g/mol. The van der Waals surface area contributed by atoms with E-state index in [1.54, 1.807) is 37.3 Å². The van der Waals surface area contributed by atoms with E-state index in [0.717, 1.165) is 6.07 Å². The van der Waals surface area contributed by atoms with Crippen LogP contribution in [0.1, 0.15) is 16.7 Å². The highest BCUT2D eigenvalue weighted by Gasteiger charge is 2.34. The van der Waals surface area contributed by atoms with E-state index in [0.29, 0.717) is 16.8 Å². The normalized spacial score (nSPS) is 11.4. The second kappa shape index (κ2) is 5.45. The SMILES string of the molecule is Cc1ccc(OCc2ccccc2N)c(C(F)(F)F)c1. The van der Waals surface area contributed by atoms with E-state index in [1.807, 2.05) is 0 Å². The number of alkyl halides is 3. The van der Waals surface area contributed by atoms with Crippen LogP contribution in [0.3, 0.4) is 0 Å². The summed E-state index contributed by atoms with van der Waals surface area (Å²) >= 11 is 0. The Morgan fingerprint density at radius 1 is 1.10 bits per heavy atom. The summed E-state index contributed by atoms with van der Waals surface area (Å²) in [6.45, 7) is 1.60. The Balaban J connectivity index is 2.24. The molecule has 5 heteroatoms. The maximum absolute atomic E-state index is 12.9. The van der Waals surface area contributed by atoms with Gasteiger partial charge >= 0.3 is 6.18 Å². The number of nitrogens with two attached hydrogens (primary N) is 1. The van der Waals surface area contributed by atoms with Crippen molar-refractivity contribution in [1.29, 1.82) is 0 Å². The molecule has 0 heterocycles. The van der Waals surface area contributed by atoms with Gasteiger partial charge in [-0.25, -0.2) is 0 Å². The minimum atomic E-state index is -4.44. The molecule has 2 aromatic rings. The van der Waals surface area contributed by atoms with Crippen LogP contribution in [0.5, 0.6) is 5.75 Å². The Hall–Kier alpha value is -2.17. The number of benzene rings is 2. The van der Waals surface area contributed by atoms with Crippen molar-refractivity contribution < 1.29 is 17.9 Å². The topological polar surface area (TPSA) is 35.2 Å². The predicted octanol–water partition coefficient (Wildman–Crippen LogP) is 4.18. The van der Waals surface area contributed by atoms with Crippen LogP contribution in [0.15, 0.2) is 42.5 Å². The Morgan fingerprint density at radius 3 is 2.45 bits per heavy atom. The first-order chi connectivity index (χ1) is 9.38. The zero-order valence-electron chi connectivity index (χ0n) is 10.9. The summed E-state index contributed by atoms with van der Waals surface area (Å²) in [5.41, 5.74) is 6.64. The summed E-state index contributed by atoms with van der Waals surface area (Å²) in [5.74, 6) is -0.189. The van der Waals surface area contributed by atoms with Crippen LogP contribution in [0, 0.1) is 6.92 Å². The fraction of sp³-hybridized carbons (Fsp3) is 0.200. The lowest BCUT2D eigenvalue weighted by Gasteiger charge is -2.15. The number of hydrogen-bond acceptors (Lipinski definition) is 2. The molecule has 0 bridgehead atoms. The molecule has 0 amide bonds. The van der Waals surface area contributed by atoms with E-state index < -0.39 is 11.7 Å². The van der Waals surface area contributed by atoms with Gasteiger partial charge in [0.1, 0.15) is 12.4 Å². The highest BCUT2D eigenvalue weighted by molar-refractivity contribution is 5.46. The number of halogens is 3. The Labute approximate surface area is 115 Å². The molecular formula is C15H14F3NO. The van der Waals surface area contributed by atoms with E-state index in [2.05, 4.69) is 0 Å². The van der Waals surface area contributed by atoms with Crippen molar-refractivity contribution >= 4 is 5.69 Å². The van der Waals surface area contributed by atoms with Crippen molar-refractivity contribution in [2.75, 3.05) is 5.73 Å². The van der Waals surface area contributed by atoms with Crippen molar-refractivity contribution in [3.63, 3.8) is 0 Å². The van der Waals surface area contributed by atoms with E-state index >= 15 is 0 Å². The molecule has 2 N–H and O–H groups in total. The molecular weight excluding hydrogens is 267 g/mol. The molecule has 0 atom stereocenters. The first-order valence-electron chi connectivity index (χ1n) is 6.02. The molecule has 106 valence electrons. The number of nitrogen functional groups attached to an aromatic ring is 1. The third-order valence-electron chi connectivity index (χ3n) is 2.88. The number of hydrogen-bond donors (Lipinski definition) is 1. The van der Waals surface area contributed by atoms with Crippen LogP contribution >= 0.6 is 0 Å². The molecule has 0 fully saturated rings. The molecule has 2 nitrogen and oxygen atoms in total. The number of anilines is 1. The van der Waals surface area contributed by atoms with E-state index in [4.69, 9.17) is 10.5 Å². The van der Waals surface area contributed by atoms with Gasteiger partial charge in [0, 0.05) is 11.3 Å². The van der Waals surface area contributed by atoms with Gasteiger partial charge in [-0.3, -0.25) is 0 Å². The standard InChI is InChI=1S/C15H14F3NO/c1-10-6-7-14(12(8-10)15(16,17)18)20-9-11-4-2-3-5-13(11)19/h2-8H,9,19H2,1H3. The number of rotatable bonds is 3. The lowest BCUT2D eigenvalue weighted by Crippen LogP contribution is -2.09. The van der Waals surface area contributed by atoms with Crippen LogP contribution in [0.25, 0.3) is 0 Å². The zero-order valence-corrected chi connectivity index (χ0v) is 10.9. The second-order valence-corrected chi connectivity index (χ2v) is 4.48. The van der Waals surface area contributed by atoms with Crippen LogP contribution in [0.4, 0.5) is 18.9 Å². The fourth-order valence-corrected chi connectivity index (χ4v) is 1.81. The van der Waals surface area contributed by atoms with Crippen molar-refractivity contribution in [3.05, 3.63) is 59.2 Å². The van der Waals surface area contributed by atoms with Gasteiger partial charge in [0.05, 0.1) is 5.56 Å². The Morgan fingerprint density at radius 2 is 1.80 bits per heavy atom. The van der Waals surface area contributed by atoms with Crippen molar-refractivity contribution in [1.82, 2.24) is 0 Å². The predicted molar refractivity (Wildman–Crippen MR) is 71.4 cm³/mol. The van der Waals surface area contributed by atoms with Crippen LogP contribution < -0.4 is 10.5 Å². The average Bonchev–Trinajstić information content (AvgIpc) is 2.38. The smallest absolute Gasteiger partial charge is 0.419 e. The molecule has 20 heavy (non-hydrogen) atoms. The maximum Gasteiger partial charge on any atom is 0.419 e. The molecule has 0 unspecified atom stereocenters. The van der Waals surface area contributed by atoms with Gasteiger partial charge in [0.2, 0.25) is 0 Å². The average molecular weight is 281 g/mol. The van der Waals surface area contributed by atoms with Crippen LogP contribution in [-0.4, -0.2) is 0 Å². The highest BCUT2D eigenvalue weighted by atomic mass is 19.4. The first kappa shape index (κ1) is 14.2. The summed E-state index contributed by atoms with van der Waals surface area (Å²) < 4.78 is 44.1. The lowest BCUT2D eigenvalue weighted by atomic mass is 10.1. The van der Waals surface area contributed by atoms with Gasteiger partial charge in [-0.1, -0.05) is 29.8 Å². The molecule has 0 saturated heterocycles. The van der Waals surface area contributed by atoms with E-state index in [9.17, 15) is 13.2 Å². The molecule has 2 aromatic carbocycles. The minimum absolute atomic E-state index is 0.00118. The number of ether oxygens (including phenoxy) is 1. The van der Waals surface area contributed by atoms with Crippen LogP contribution in [-0.2, 0) is 12.8 Å².